The van der Waals surface area contributed by atoms with Gasteiger partial charge in [0, 0.05) is 13.1 Å². The Morgan fingerprint density at radius 2 is 1.71 bits per heavy atom. The topological polar surface area (TPSA) is 206 Å². The molecular formula is C23H43N7O5. The molecule has 1 saturated heterocycles. The minimum atomic E-state index is -1.18. The van der Waals surface area contributed by atoms with Gasteiger partial charge in [0.1, 0.15) is 18.1 Å². The fourth-order valence-electron chi connectivity index (χ4n) is 3.96. The summed E-state index contributed by atoms with van der Waals surface area (Å²) in [6.45, 7) is 8.18. The lowest BCUT2D eigenvalue weighted by molar-refractivity contribution is -0.145. The Kier molecular flexibility index (Phi) is 12.5. The molecule has 3 amide bonds. The molecule has 12 nitrogen and oxygen atoms in total. The third-order valence-electron chi connectivity index (χ3n) is 6.73. The molecule has 0 radical (unpaired) electrons. The lowest BCUT2D eigenvalue weighted by Gasteiger charge is -2.32. The van der Waals surface area contributed by atoms with E-state index in [1.807, 2.05) is 27.7 Å². The van der Waals surface area contributed by atoms with Crippen LogP contribution >= 0.6 is 0 Å². The second kappa shape index (κ2) is 14.5. The van der Waals surface area contributed by atoms with Gasteiger partial charge in [0.25, 0.3) is 0 Å². The van der Waals surface area contributed by atoms with Crippen LogP contribution in [0.2, 0.25) is 0 Å². The minimum Gasteiger partial charge on any atom is -0.480 e. The molecule has 1 aliphatic rings. The maximum Gasteiger partial charge on any atom is 0.326 e. The molecule has 0 spiro atoms. The molecule has 0 aromatic heterocycles. The maximum atomic E-state index is 13.5. The molecule has 35 heavy (non-hydrogen) atoms. The Balaban J connectivity index is 2.93. The Morgan fingerprint density at radius 1 is 1.09 bits per heavy atom. The molecule has 1 rings (SSSR count). The number of nitrogens with zero attached hydrogens (tertiary/aromatic N) is 2. The molecule has 9 N–H and O–H groups in total. The van der Waals surface area contributed by atoms with Gasteiger partial charge in [0.2, 0.25) is 17.7 Å². The monoisotopic (exact) mass is 497 g/mol. The van der Waals surface area contributed by atoms with Gasteiger partial charge in [-0.05, 0) is 37.5 Å². The van der Waals surface area contributed by atoms with Gasteiger partial charge in [-0.15, -0.1) is 0 Å². The fourth-order valence-corrected chi connectivity index (χ4v) is 3.96. The molecule has 12 heteroatoms. The number of carboxylic acids is 1. The summed E-state index contributed by atoms with van der Waals surface area (Å²) in [5.74, 6) is -2.78. The minimum absolute atomic E-state index is 0.0482. The summed E-state index contributed by atoms with van der Waals surface area (Å²) in [7, 11) is 0. The number of carbonyl (C=O) groups excluding carboxylic acids is 3. The number of nitrogens with two attached hydrogens (primary N) is 3. The van der Waals surface area contributed by atoms with Gasteiger partial charge in [0.05, 0.1) is 6.04 Å². The fraction of sp³-hybridized carbons (Fsp3) is 0.783. The number of aliphatic imine (C=N–C) groups is 1. The van der Waals surface area contributed by atoms with E-state index in [4.69, 9.17) is 17.2 Å². The van der Waals surface area contributed by atoms with E-state index >= 15 is 0 Å². The molecule has 6 unspecified atom stereocenters. The quantitative estimate of drug-likeness (QED) is 0.104. The van der Waals surface area contributed by atoms with Crippen LogP contribution in [-0.4, -0.2) is 76.9 Å². The highest BCUT2D eigenvalue weighted by atomic mass is 16.4. The summed E-state index contributed by atoms with van der Waals surface area (Å²) in [5, 5.41) is 14.9. The van der Waals surface area contributed by atoms with E-state index in [9.17, 15) is 24.3 Å². The summed E-state index contributed by atoms with van der Waals surface area (Å²) in [6, 6.07) is -3.51. The Hall–Kier alpha value is -2.89. The van der Waals surface area contributed by atoms with Crippen molar-refractivity contribution in [2.24, 2.45) is 34.0 Å². The smallest absolute Gasteiger partial charge is 0.326 e. The first-order chi connectivity index (χ1) is 16.4. The first-order valence-electron chi connectivity index (χ1n) is 12.4. The zero-order valence-corrected chi connectivity index (χ0v) is 21.3. The normalized spacial score (nSPS) is 19.7. The van der Waals surface area contributed by atoms with Crippen LogP contribution in [0.5, 0.6) is 0 Å². The van der Waals surface area contributed by atoms with Crippen molar-refractivity contribution in [3.8, 4) is 0 Å². The van der Waals surface area contributed by atoms with Gasteiger partial charge in [-0.3, -0.25) is 19.4 Å². The van der Waals surface area contributed by atoms with Crippen molar-refractivity contribution < 1.29 is 24.3 Å². The highest BCUT2D eigenvalue weighted by Gasteiger charge is 2.40. The molecule has 1 fully saturated rings. The zero-order valence-electron chi connectivity index (χ0n) is 21.3. The molecule has 200 valence electrons. The van der Waals surface area contributed by atoms with E-state index in [1.54, 1.807) is 0 Å². The molecule has 1 aliphatic heterocycles. The molecule has 0 aromatic carbocycles. The number of guanidine groups is 1. The molecule has 1 heterocycles. The Morgan fingerprint density at radius 3 is 2.26 bits per heavy atom. The summed E-state index contributed by atoms with van der Waals surface area (Å²) in [4.78, 5) is 56.1. The van der Waals surface area contributed by atoms with Crippen LogP contribution in [0.4, 0.5) is 0 Å². The molecular weight excluding hydrogens is 454 g/mol. The van der Waals surface area contributed by atoms with Crippen LogP contribution in [0.3, 0.4) is 0 Å². The van der Waals surface area contributed by atoms with Crippen molar-refractivity contribution in [3.05, 3.63) is 0 Å². The summed E-state index contributed by atoms with van der Waals surface area (Å²) in [5.41, 5.74) is 16.6. The van der Waals surface area contributed by atoms with Gasteiger partial charge >= 0.3 is 5.97 Å². The van der Waals surface area contributed by atoms with Gasteiger partial charge in [0.15, 0.2) is 5.96 Å². The van der Waals surface area contributed by atoms with Crippen molar-refractivity contribution >= 4 is 29.7 Å². The lowest BCUT2D eigenvalue weighted by Crippen LogP contribution is -2.59. The number of hydrogen-bond acceptors (Lipinski definition) is 6. The molecule has 0 bridgehead atoms. The predicted molar refractivity (Wildman–Crippen MR) is 133 cm³/mol. The molecule has 6 atom stereocenters. The van der Waals surface area contributed by atoms with Gasteiger partial charge in [-0.1, -0.05) is 40.5 Å². The first-order valence-corrected chi connectivity index (χ1v) is 12.4. The molecule has 0 saturated carbocycles. The van der Waals surface area contributed by atoms with Crippen LogP contribution in [0.15, 0.2) is 4.99 Å². The van der Waals surface area contributed by atoms with Crippen LogP contribution in [-0.2, 0) is 19.2 Å². The average molecular weight is 498 g/mol. The van der Waals surface area contributed by atoms with Crippen LogP contribution in [0.1, 0.15) is 66.2 Å². The van der Waals surface area contributed by atoms with E-state index in [1.165, 1.54) is 4.90 Å². The van der Waals surface area contributed by atoms with E-state index in [0.29, 0.717) is 32.2 Å². The van der Waals surface area contributed by atoms with Crippen molar-refractivity contribution in [3.63, 3.8) is 0 Å². The van der Waals surface area contributed by atoms with Crippen molar-refractivity contribution in [2.45, 2.75) is 90.4 Å². The van der Waals surface area contributed by atoms with Crippen molar-refractivity contribution in [1.29, 1.82) is 0 Å². The maximum absolute atomic E-state index is 13.5. The zero-order chi connectivity index (χ0) is 26.7. The number of hydrogen-bond donors (Lipinski definition) is 6. The second-order valence-electron chi connectivity index (χ2n) is 9.32. The highest BCUT2D eigenvalue weighted by Crippen LogP contribution is 2.22. The van der Waals surface area contributed by atoms with Crippen LogP contribution in [0, 0.1) is 11.8 Å². The molecule has 0 aliphatic carbocycles. The van der Waals surface area contributed by atoms with Gasteiger partial charge < -0.3 is 37.8 Å². The lowest BCUT2D eigenvalue weighted by atomic mass is 9.95. The number of nitrogens with one attached hydrogen (secondary N) is 2. The summed E-state index contributed by atoms with van der Waals surface area (Å²) < 4.78 is 0. The van der Waals surface area contributed by atoms with Gasteiger partial charge in [-0.25, -0.2) is 4.79 Å². The van der Waals surface area contributed by atoms with Crippen LogP contribution in [0.25, 0.3) is 0 Å². The highest BCUT2D eigenvalue weighted by molar-refractivity contribution is 5.94. The second-order valence-corrected chi connectivity index (χ2v) is 9.32. The standard InChI is InChI=1S/C23H43N7O5/c1-5-13(3)17(24)20(32)29-18(14(4)6-2)21(33)30-12-8-10-16(30)19(31)28-15(22(34)35)9-7-11-27-23(25)26/h13-18H,5-12,24H2,1-4H3,(H,28,31)(H,29,32)(H,34,35)(H4,25,26,27). The van der Waals surface area contributed by atoms with E-state index < -0.39 is 42.0 Å². The van der Waals surface area contributed by atoms with Crippen LogP contribution < -0.4 is 27.8 Å². The number of amides is 3. The average Bonchev–Trinajstić information content (AvgIpc) is 3.32. The Bertz CT molecular complexity index is 771. The van der Waals surface area contributed by atoms with Gasteiger partial charge in [-0.2, -0.15) is 0 Å². The predicted octanol–water partition coefficient (Wildman–Crippen LogP) is -0.495. The largest absolute Gasteiger partial charge is 0.480 e. The third-order valence-corrected chi connectivity index (χ3v) is 6.73. The van der Waals surface area contributed by atoms with Crippen molar-refractivity contribution in [1.82, 2.24) is 15.5 Å². The number of carboxylic acid groups (broad SMARTS) is 1. The summed E-state index contributed by atoms with van der Waals surface area (Å²) >= 11 is 0. The van der Waals surface area contributed by atoms with Crippen molar-refractivity contribution in [2.75, 3.05) is 13.1 Å². The Labute approximate surface area is 207 Å². The number of rotatable bonds is 14. The first kappa shape index (κ1) is 30.1. The van der Waals surface area contributed by atoms with E-state index in [-0.39, 0.29) is 36.7 Å². The SMILES string of the molecule is CCC(C)C(N)C(=O)NC(C(=O)N1CCCC1C(=O)NC(CCCN=C(N)N)C(=O)O)C(C)CC. The number of aliphatic carboxylic acids is 1. The number of carbonyl (C=O) groups is 4. The molecule has 0 aromatic rings. The third kappa shape index (κ3) is 9.00. The van der Waals surface area contributed by atoms with E-state index in [0.717, 1.165) is 6.42 Å². The summed E-state index contributed by atoms with van der Waals surface area (Å²) in [6.07, 6.45) is 2.86. The number of likely N-dealkylation sites (tertiary alicyclic amines) is 1. The van der Waals surface area contributed by atoms with E-state index in [2.05, 4.69) is 15.6 Å².